The summed E-state index contributed by atoms with van der Waals surface area (Å²) in [6, 6.07) is 2.89. The second kappa shape index (κ2) is 5.96. The van der Waals surface area contributed by atoms with Gasteiger partial charge in [-0.15, -0.1) is 0 Å². The number of aliphatic hydroxyl groups is 1. The Balaban J connectivity index is 2.33. The predicted molar refractivity (Wildman–Crippen MR) is 68.8 cm³/mol. The predicted octanol–water partition coefficient (Wildman–Crippen LogP) is 1.72. The Morgan fingerprint density at radius 1 is 1.50 bits per heavy atom. The number of benzene rings is 1. The average Bonchev–Trinajstić information content (AvgIpc) is 2.35. The third kappa shape index (κ3) is 2.77. The van der Waals surface area contributed by atoms with Crippen LogP contribution >= 0.6 is 0 Å². The average molecular weight is 282 g/mol. The van der Waals surface area contributed by atoms with Crippen LogP contribution in [0.4, 0.5) is 10.1 Å². The van der Waals surface area contributed by atoms with E-state index in [4.69, 9.17) is 5.11 Å². The Morgan fingerprint density at radius 3 is 2.70 bits per heavy atom. The first-order chi connectivity index (χ1) is 9.54. The van der Waals surface area contributed by atoms with Gasteiger partial charge in [-0.25, -0.2) is 4.39 Å². The molecule has 0 aliphatic heterocycles. The monoisotopic (exact) mass is 282 g/mol. The normalized spacial score (nSPS) is 14.7. The molecule has 20 heavy (non-hydrogen) atoms. The lowest BCUT2D eigenvalue weighted by Crippen LogP contribution is -2.45. The smallest absolute Gasteiger partial charge is 0.285 e. The van der Waals surface area contributed by atoms with Gasteiger partial charge in [0.25, 0.3) is 11.6 Å². The number of nitrogens with zero attached hydrogens (tertiary/aromatic N) is 2. The Morgan fingerprint density at radius 2 is 2.20 bits per heavy atom. The van der Waals surface area contributed by atoms with Gasteiger partial charge >= 0.3 is 0 Å². The Labute approximate surface area is 115 Å². The van der Waals surface area contributed by atoms with Crippen LogP contribution in [0.5, 0.6) is 0 Å². The van der Waals surface area contributed by atoms with Gasteiger partial charge in [-0.1, -0.05) is 0 Å². The molecule has 1 saturated carbocycles. The largest absolute Gasteiger partial charge is 0.395 e. The van der Waals surface area contributed by atoms with E-state index in [0.29, 0.717) is 0 Å². The molecule has 108 valence electrons. The molecule has 0 unspecified atom stereocenters. The molecule has 0 heterocycles. The van der Waals surface area contributed by atoms with Gasteiger partial charge in [0.15, 0.2) is 0 Å². The molecule has 1 aliphatic rings. The molecule has 0 atom stereocenters. The van der Waals surface area contributed by atoms with Crippen LogP contribution in [0.1, 0.15) is 29.6 Å². The van der Waals surface area contributed by atoms with Crippen molar-refractivity contribution in [1.29, 1.82) is 0 Å². The maximum absolute atomic E-state index is 13.1. The summed E-state index contributed by atoms with van der Waals surface area (Å²) in [5.74, 6) is -1.29. The summed E-state index contributed by atoms with van der Waals surface area (Å²) >= 11 is 0. The summed E-state index contributed by atoms with van der Waals surface area (Å²) in [5, 5.41) is 20.0. The van der Waals surface area contributed by atoms with Crippen molar-refractivity contribution in [3.05, 3.63) is 39.7 Å². The van der Waals surface area contributed by atoms with E-state index in [9.17, 15) is 19.3 Å². The second-order valence-electron chi connectivity index (χ2n) is 4.73. The molecule has 0 aromatic heterocycles. The van der Waals surface area contributed by atoms with Gasteiger partial charge in [-0.3, -0.25) is 14.9 Å². The number of carbonyl (C=O) groups excluding carboxylic acids is 1. The SMILES string of the molecule is O=C(c1ccc(F)cc1[N+](=O)[O-])N(CCO)C1CCC1. The third-order valence-electron chi connectivity index (χ3n) is 3.50. The molecule has 0 bridgehead atoms. The van der Waals surface area contributed by atoms with Gasteiger partial charge in [0.05, 0.1) is 17.6 Å². The minimum absolute atomic E-state index is 0.000642. The summed E-state index contributed by atoms with van der Waals surface area (Å²) < 4.78 is 13.1. The Kier molecular flexibility index (Phi) is 4.29. The number of aliphatic hydroxyl groups excluding tert-OH is 1. The molecule has 7 heteroatoms. The molecule has 6 nitrogen and oxygen atoms in total. The van der Waals surface area contributed by atoms with E-state index in [1.165, 1.54) is 4.90 Å². The maximum atomic E-state index is 13.1. The number of halogens is 1. The molecule has 1 fully saturated rings. The first kappa shape index (κ1) is 14.4. The van der Waals surface area contributed by atoms with Gasteiger partial charge in [0.1, 0.15) is 11.4 Å². The molecular formula is C13H15FN2O4. The van der Waals surface area contributed by atoms with Crippen LogP contribution in [0.3, 0.4) is 0 Å². The van der Waals surface area contributed by atoms with Gasteiger partial charge in [0.2, 0.25) is 0 Å². The molecule has 1 N–H and O–H groups in total. The van der Waals surface area contributed by atoms with Gasteiger partial charge < -0.3 is 10.0 Å². The minimum atomic E-state index is -0.770. The summed E-state index contributed by atoms with van der Waals surface area (Å²) in [7, 11) is 0. The van der Waals surface area contributed by atoms with Crippen molar-refractivity contribution in [2.24, 2.45) is 0 Å². The number of amides is 1. The van der Waals surface area contributed by atoms with E-state index < -0.39 is 22.3 Å². The zero-order valence-corrected chi connectivity index (χ0v) is 10.8. The minimum Gasteiger partial charge on any atom is -0.395 e. The van der Waals surface area contributed by atoms with Gasteiger partial charge in [-0.2, -0.15) is 0 Å². The number of nitro groups is 1. The van der Waals surface area contributed by atoms with Crippen LogP contribution in [-0.4, -0.2) is 40.0 Å². The van der Waals surface area contributed by atoms with E-state index in [1.807, 2.05) is 0 Å². The number of hydrogen-bond donors (Lipinski definition) is 1. The standard InChI is InChI=1S/C13H15FN2O4/c14-9-4-5-11(12(8-9)16(19)20)13(18)15(6-7-17)10-2-1-3-10/h4-5,8,10,17H,1-3,6-7H2. The van der Waals surface area contributed by atoms with Crippen molar-refractivity contribution in [3.63, 3.8) is 0 Å². The highest BCUT2D eigenvalue weighted by atomic mass is 19.1. The molecule has 1 amide bonds. The first-order valence-electron chi connectivity index (χ1n) is 6.40. The van der Waals surface area contributed by atoms with E-state index in [2.05, 4.69) is 0 Å². The quantitative estimate of drug-likeness (QED) is 0.658. The summed E-state index contributed by atoms with van der Waals surface area (Å²) in [5.41, 5.74) is -0.686. The van der Waals surface area contributed by atoms with Crippen LogP contribution in [0.2, 0.25) is 0 Å². The summed E-state index contributed by atoms with van der Waals surface area (Å²) in [6.45, 7) is -0.0880. The molecule has 2 rings (SSSR count). The zero-order valence-electron chi connectivity index (χ0n) is 10.8. The highest BCUT2D eigenvalue weighted by Crippen LogP contribution is 2.28. The Hall–Kier alpha value is -2.02. The fraction of sp³-hybridized carbons (Fsp3) is 0.462. The fourth-order valence-corrected chi connectivity index (χ4v) is 2.25. The van der Waals surface area contributed by atoms with E-state index in [0.717, 1.165) is 37.5 Å². The summed E-state index contributed by atoms with van der Waals surface area (Å²) in [6.07, 6.45) is 2.63. The maximum Gasteiger partial charge on any atom is 0.285 e. The van der Waals surface area contributed by atoms with Crippen molar-refractivity contribution < 1.29 is 19.2 Å². The van der Waals surface area contributed by atoms with E-state index >= 15 is 0 Å². The highest BCUT2D eigenvalue weighted by Gasteiger charge is 2.32. The highest BCUT2D eigenvalue weighted by molar-refractivity contribution is 5.98. The molecule has 0 radical (unpaired) electrons. The molecule has 1 aromatic carbocycles. The van der Waals surface area contributed by atoms with Crippen LogP contribution < -0.4 is 0 Å². The van der Waals surface area contributed by atoms with Crippen LogP contribution in [0.25, 0.3) is 0 Å². The molecule has 1 aromatic rings. The number of carbonyl (C=O) groups is 1. The van der Waals surface area contributed by atoms with Crippen molar-refractivity contribution in [1.82, 2.24) is 4.90 Å². The third-order valence-corrected chi connectivity index (χ3v) is 3.50. The fourth-order valence-electron chi connectivity index (χ4n) is 2.25. The van der Waals surface area contributed by atoms with Crippen LogP contribution in [0.15, 0.2) is 18.2 Å². The number of nitro benzene ring substituents is 1. The van der Waals surface area contributed by atoms with Crippen LogP contribution in [0, 0.1) is 15.9 Å². The van der Waals surface area contributed by atoms with Gasteiger partial charge in [-0.05, 0) is 31.4 Å². The second-order valence-corrected chi connectivity index (χ2v) is 4.73. The molecule has 1 aliphatic carbocycles. The van der Waals surface area contributed by atoms with Crippen LogP contribution in [-0.2, 0) is 0 Å². The molecule has 0 spiro atoms. The van der Waals surface area contributed by atoms with Crippen molar-refractivity contribution in [3.8, 4) is 0 Å². The van der Waals surface area contributed by atoms with Crippen molar-refractivity contribution in [2.75, 3.05) is 13.2 Å². The lowest BCUT2D eigenvalue weighted by molar-refractivity contribution is -0.385. The number of rotatable bonds is 5. The number of hydrogen-bond acceptors (Lipinski definition) is 4. The van der Waals surface area contributed by atoms with E-state index in [-0.39, 0.29) is 24.8 Å². The lowest BCUT2D eigenvalue weighted by atomic mass is 9.91. The summed E-state index contributed by atoms with van der Waals surface area (Å²) in [4.78, 5) is 24.0. The van der Waals surface area contributed by atoms with Gasteiger partial charge in [0, 0.05) is 12.6 Å². The molecule has 0 saturated heterocycles. The Bertz CT molecular complexity index is 531. The van der Waals surface area contributed by atoms with Crippen molar-refractivity contribution in [2.45, 2.75) is 25.3 Å². The lowest BCUT2D eigenvalue weighted by Gasteiger charge is -2.37. The van der Waals surface area contributed by atoms with Crippen molar-refractivity contribution >= 4 is 11.6 Å². The molecular weight excluding hydrogens is 267 g/mol. The topological polar surface area (TPSA) is 83.7 Å². The van der Waals surface area contributed by atoms with E-state index in [1.54, 1.807) is 0 Å². The zero-order chi connectivity index (χ0) is 14.7. The first-order valence-corrected chi connectivity index (χ1v) is 6.40.